The predicted octanol–water partition coefficient (Wildman–Crippen LogP) is 6.20. The summed E-state index contributed by atoms with van der Waals surface area (Å²) in [5, 5.41) is 5.86. The standard InChI is InChI=1S/C31H29F4N5O4/c1-20-2-9-25(43-17-14-40-12-15-42-16-13-40)18-27(20)38-29(41)22-3-7-23(8-4-22)37-30-36-19-26(32)28(39-30)21-5-10-24(11-6-21)44-31(33,34)35/h2-11,18-19H,12-17H2,1H3,(H,38,41)(H,36,37,39). The van der Waals surface area contributed by atoms with Gasteiger partial charge in [0.15, 0.2) is 5.82 Å². The molecular weight excluding hydrogens is 582 g/mol. The summed E-state index contributed by atoms with van der Waals surface area (Å²) in [6, 6.07) is 16.7. The summed E-state index contributed by atoms with van der Waals surface area (Å²) < 4.78 is 66.9. The number of anilines is 3. The third kappa shape index (κ3) is 8.42. The Kier molecular flexibility index (Phi) is 9.56. The number of alkyl halides is 3. The van der Waals surface area contributed by atoms with Crippen LogP contribution in [-0.2, 0) is 4.74 Å². The van der Waals surface area contributed by atoms with Crippen LogP contribution in [0.4, 0.5) is 34.9 Å². The maximum absolute atomic E-state index is 14.5. The lowest BCUT2D eigenvalue weighted by Crippen LogP contribution is -2.38. The van der Waals surface area contributed by atoms with E-state index in [1.807, 2.05) is 19.1 Å². The number of rotatable bonds is 10. The van der Waals surface area contributed by atoms with Crippen LogP contribution < -0.4 is 20.1 Å². The molecule has 2 heterocycles. The summed E-state index contributed by atoms with van der Waals surface area (Å²) in [5.41, 5.74) is 2.56. The van der Waals surface area contributed by atoms with Crippen LogP contribution in [0.15, 0.2) is 72.9 Å². The molecule has 0 bridgehead atoms. The number of carbonyl (C=O) groups is 1. The van der Waals surface area contributed by atoms with Gasteiger partial charge in [-0.15, -0.1) is 13.2 Å². The molecule has 0 spiro atoms. The average molecular weight is 612 g/mol. The van der Waals surface area contributed by atoms with Gasteiger partial charge >= 0.3 is 6.36 Å². The number of amides is 1. The quantitative estimate of drug-likeness (QED) is 0.205. The van der Waals surface area contributed by atoms with Crippen LogP contribution in [0.25, 0.3) is 11.3 Å². The highest BCUT2D eigenvalue weighted by molar-refractivity contribution is 6.05. The highest BCUT2D eigenvalue weighted by atomic mass is 19.4. The second-order valence-electron chi connectivity index (χ2n) is 9.90. The highest BCUT2D eigenvalue weighted by Crippen LogP contribution is 2.28. The number of morpholine rings is 1. The average Bonchev–Trinajstić information content (AvgIpc) is 3.00. The number of benzene rings is 3. The first kappa shape index (κ1) is 30.7. The van der Waals surface area contributed by atoms with Gasteiger partial charge in [0.05, 0.1) is 19.4 Å². The van der Waals surface area contributed by atoms with E-state index >= 15 is 0 Å². The fraction of sp³-hybridized carbons (Fsp3) is 0.258. The first-order valence-electron chi connectivity index (χ1n) is 13.7. The van der Waals surface area contributed by atoms with E-state index in [-0.39, 0.29) is 23.1 Å². The highest BCUT2D eigenvalue weighted by Gasteiger charge is 2.31. The minimum atomic E-state index is -4.84. The molecule has 0 aliphatic carbocycles. The number of carbonyl (C=O) groups excluding carboxylic acids is 1. The Morgan fingerprint density at radius 1 is 1.00 bits per heavy atom. The summed E-state index contributed by atoms with van der Waals surface area (Å²) in [6.07, 6.45) is -3.88. The van der Waals surface area contributed by atoms with Crippen molar-refractivity contribution in [3.8, 4) is 22.8 Å². The lowest BCUT2D eigenvalue weighted by molar-refractivity contribution is -0.274. The van der Waals surface area contributed by atoms with Gasteiger partial charge in [0, 0.05) is 48.2 Å². The van der Waals surface area contributed by atoms with Gasteiger partial charge in [0.2, 0.25) is 5.95 Å². The second-order valence-corrected chi connectivity index (χ2v) is 9.90. The number of hydrogen-bond acceptors (Lipinski definition) is 8. The molecule has 9 nitrogen and oxygen atoms in total. The SMILES string of the molecule is Cc1ccc(OCCN2CCOCC2)cc1NC(=O)c1ccc(Nc2ncc(F)c(-c3ccc(OC(F)(F)F)cc3)n2)cc1. The van der Waals surface area contributed by atoms with Crippen LogP contribution in [0, 0.1) is 12.7 Å². The first-order chi connectivity index (χ1) is 21.1. The van der Waals surface area contributed by atoms with Gasteiger partial charge in [-0.05, 0) is 67.1 Å². The van der Waals surface area contributed by atoms with Crippen LogP contribution in [-0.4, -0.2) is 66.6 Å². The van der Waals surface area contributed by atoms with Crippen molar-refractivity contribution >= 4 is 23.2 Å². The van der Waals surface area contributed by atoms with Gasteiger partial charge in [-0.25, -0.2) is 14.4 Å². The van der Waals surface area contributed by atoms with E-state index in [1.54, 1.807) is 30.3 Å². The van der Waals surface area contributed by atoms with Crippen molar-refractivity contribution in [2.24, 2.45) is 0 Å². The fourth-order valence-corrected chi connectivity index (χ4v) is 4.42. The molecule has 0 saturated carbocycles. The number of aromatic nitrogens is 2. The monoisotopic (exact) mass is 611 g/mol. The van der Waals surface area contributed by atoms with Gasteiger partial charge < -0.3 is 24.8 Å². The summed E-state index contributed by atoms with van der Waals surface area (Å²) in [4.78, 5) is 23.4. The first-order valence-corrected chi connectivity index (χ1v) is 13.7. The smallest absolute Gasteiger partial charge is 0.492 e. The van der Waals surface area contributed by atoms with E-state index in [9.17, 15) is 22.4 Å². The number of nitrogens with zero attached hydrogens (tertiary/aromatic N) is 3. The molecule has 230 valence electrons. The molecule has 13 heteroatoms. The molecule has 1 aliphatic rings. The van der Waals surface area contributed by atoms with Gasteiger partial charge in [-0.1, -0.05) is 6.07 Å². The number of nitrogens with one attached hydrogen (secondary N) is 2. The number of ether oxygens (including phenoxy) is 3. The molecule has 1 saturated heterocycles. The Morgan fingerprint density at radius 2 is 1.70 bits per heavy atom. The Balaban J connectivity index is 1.19. The van der Waals surface area contributed by atoms with Crippen LogP contribution >= 0.6 is 0 Å². The molecule has 1 aromatic heterocycles. The van der Waals surface area contributed by atoms with Crippen molar-refractivity contribution in [1.29, 1.82) is 0 Å². The topological polar surface area (TPSA) is 97.8 Å². The molecular formula is C31H29F4N5O4. The van der Waals surface area contributed by atoms with Crippen LogP contribution in [0.1, 0.15) is 15.9 Å². The number of halogens is 4. The summed E-state index contributed by atoms with van der Waals surface area (Å²) in [6.45, 7) is 6.41. The van der Waals surface area contributed by atoms with Gasteiger partial charge in [0.1, 0.15) is 23.8 Å². The minimum absolute atomic E-state index is 0.0512. The molecule has 1 fully saturated rings. The van der Waals surface area contributed by atoms with Crippen molar-refractivity contribution in [3.05, 3.63) is 89.9 Å². The van der Waals surface area contributed by atoms with Crippen molar-refractivity contribution in [1.82, 2.24) is 14.9 Å². The zero-order chi connectivity index (χ0) is 31.1. The normalized spacial score (nSPS) is 13.8. The maximum Gasteiger partial charge on any atom is 0.573 e. The maximum atomic E-state index is 14.5. The Hall–Kier alpha value is -4.75. The fourth-order valence-electron chi connectivity index (χ4n) is 4.42. The van der Waals surface area contributed by atoms with Crippen LogP contribution in [0.5, 0.6) is 11.5 Å². The molecule has 0 atom stereocenters. The third-order valence-corrected chi connectivity index (χ3v) is 6.75. The number of aryl methyl sites for hydroxylation is 1. The molecule has 3 aromatic carbocycles. The zero-order valence-electron chi connectivity index (χ0n) is 23.7. The molecule has 1 aliphatic heterocycles. The Bertz CT molecular complexity index is 1580. The van der Waals surface area contributed by atoms with E-state index in [4.69, 9.17) is 9.47 Å². The molecule has 44 heavy (non-hydrogen) atoms. The van der Waals surface area contributed by atoms with Crippen LogP contribution in [0.2, 0.25) is 0 Å². The lowest BCUT2D eigenvalue weighted by Gasteiger charge is -2.26. The van der Waals surface area contributed by atoms with E-state index < -0.39 is 17.9 Å². The van der Waals surface area contributed by atoms with Crippen molar-refractivity contribution in [3.63, 3.8) is 0 Å². The zero-order valence-corrected chi connectivity index (χ0v) is 23.7. The third-order valence-electron chi connectivity index (χ3n) is 6.75. The minimum Gasteiger partial charge on any atom is -0.492 e. The van der Waals surface area contributed by atoms with E-state index in [2.05, 4.69) is 30.2 Å². The van der Waals surface area contributed by atoms with Gasteiger partial charge in [-0.2, -0.15) is 0 Å². The number of hydrogen-bond donors (Lipinski definition) is 2. The van der Waals surface area contributed by atoms with Gasteiger partial charge in [-0.3, -0.25) is 9.69 Å². The summed E-state index contributed by atoms with van der Waals surface area (Å²) >= 11 is 0. The van der Waals surface area contributed by atoms with Crippen LogP contribution in [0.3, 0.4) is 0 Å². The van der Waals surface area contributed by atoms with Crippen molar-refractivity contribution in [2.45, 2.75) is 13.3 Å². The lowest BCUT2D eigenvalue weighted by atomic mass is 10.1. The molecule has 0 unspecified atom stereocenters. The second kappa shape index (κ2) is 13.7. The molecule has 2 N–H and O–H groups in total. The Morgan fingerprint density at radius 3 is 2.41 bits per heavy atom. The summed E-state index contributed by atoms with van der Waals surface area (Å²) in [7, 11) is 0. The van der Waals surface area contributed by atoms with E-state index in [0.29, 0.717) is 29.3 Å². The van der Waals surface area contributed by atoms with Crippen molar-refractivity contribution < 1.29 is 36.6 Å². The van der Waals surface area contributed by atoms with Crippen molar-refractivity contribution in [2.75, 3.05) is 50.1 Å². The molecule has 0 radical (unpaired) electrons. The summed E-state index contributed by atoms with van der Waals surface area (Å²) in [5.74, 6) is -0.801. The van der Waals surface area contributed by atoms with E-state index in [1.165, 1.54) is 12.1 Å². The predicted molar refractivity (Wildman–Crippen MR) is 156 cm³/mol. The largest absolute Gasteiger partial charge is 0.573 e. The van der Waals surface area contributed by atoms with Gasteiger partial charge in [0.25, 0.3) is 5.91 Å². The Labute approximate surface area is 250 Å². The van der Waals surface area contributed by atoms with E-state index in [0.717, 1.165) is 56.7 Å². The molecule has 4 aromatic rings. The molecule has 1 amide bonds. The molecule has 5 rings (SSSR count).